The molecule has 0 fully saturated rings. The number of benzene rings is 3. The Balaban J connectivity index is 1.81. The van der Waals surface area contributed by atoms with Gasteiger partial charge in [0, 0.05) is 0 Å². The molecule has 112 valence electrons. The minimum absolute atomic E-state index is 0.533. The summed E-state index contributed by atoms with van der Waals surface area (Å²) in [4.78, 5) is 0. The van der Waals surface area contributed by atoms with Crippen molar-refractivity contribution in [2.24, 2.45) is 0 Å². The smallest absolute Gasteiger partial charge is 0.0615 e. The van der Waals surface area contributed by atoms with Gasteiger partial charge in [-0.15, -0.1) is 0 Å². The summed E-state index contributed by atoms with van der Waals surface area (Å²) < 4.78 is 0. The molecular weight excluding hydrogens is 278 g/mol. The largest absolute Gasteiger partial charge is 0.300 e. The van der Waals surface area contributed by atoms with Gasteiger partial charge in [-0.2, -0.15) is 0 Å². The van der Waals surface area contributed by atoms with Crippen LogP contribution in [0, 0.1) is 5.41 Å². The van der Waals surface area contributed by atoms with Crippen molar-refractivity contribution in [3.63, 3.8) is 0 Å². The van der Waals surface area contributed by atoms with E-state index in [1.807, 2.05) is 61.5 Å². The number of rotatable bonds is 4. The minimum atomic E-state index is 0.533. The SMILES string of the molecule is C/C(=C\C(=N)c1ccc(-c2ccccc2)cc1)c1ccccc1. The third-order valence-electron chi connectivity index (χ3n) is 3.89. The van der Waals surface area contributed by atoms with Gasteiger partial charge in [-0.1, -0.05) is 84.9 Å². The Labute approximate surface area is 137 Å². The van der Waals surface area contributed by atoms with Gasteiger partial charge >= 0.3 is 0 Å². The van der Waals surface area contributed by atoms with Crippen molar-refractivity contribution in [2.45, 2.75) is 6.92 Å². The Bertz CT molecular complexity index is 813. The highest BCUT2D eigenvalue weighted by molar-refractivity contribution is 6.10. The Kier molecular flexibility index (Phi) is 4.49. The van der Waals surface area contributed by atoms with Crippen molar-refractivity contribution >= 4 is 11.3 Å². The van der Waals surface area contributed by atoms with Crippen LogP contribution in [0.15, 0.2) is 91.0 Å². The van der Waals surface area contributed by atoms with Crippen molar-refractivity contribution in [3.8, 4) is 11.1 Å². The lowest BCUT2D eigenvalue weighted by molar-refractivity contribution is 1.48. The maximum atomic E-state index is 8.31. The van der Waals surface area contributed by atoms with Crippen LogP contribution in [-0.2, 0) is 0 Å². The van der Waals surface area contributed by atoms with E-state index in [4.69, 9.17) is 5.41 Å². The van der Waals surface area contributed by atoms with E-state index >= 15 is 0 Å². The fraction of sp³-hybridized carbons (Fsp3) is 0.0455. The number of allylic oxidation sites excluding steroid dienone is 2. The van der Waals surface area contributed by atoms with E-state index in [1.165, 1.54) is 11.1 Å². The predicted octanol–water partition coefficient (Wildman–Crippen LogP) is 5.82. The third kappa shape index (κ3) is 3.64. The maximum absolute atomic E-state index is 8.31. The molecule has 23 heavy (non-hydrogen) atoms. The number of nitrogens with one attached hydrogen (secondary N) is 1. The van der Waals surface area contributed by atoms with Gasteiger partial charge in [0.1, 0.15) is 0 Å². The van der Waals surface area contributed by atoms with Gasteiger partial charge in [0.25, 0.3) is 0 Å². The Morgan fingerprint density at radius 2 is 1.17 bits per heavy atom. The zero-order valence-electron chi connectivity index (χ0n) is 13.2. The summed E-state index contributed by atoms with van der Waals surface area (Å²) >= 11 is 0. The molecule has 3 rings (SSSR count). The first-order chi connectivity index (χ1) is 11.2. The van der Waals surface area contributed by atoms with Crippen LogP contribution < -0.4 is 0 Å². The van der Waals surface area contributed by atoms with Crippen LogP contribution in [0.25, 0.3) is 16.7 Å². The monoisotopic (exact) mass is 297 g/mol. The summed E-state index contributed by atoms with van der Waals surface area (Å²) in [5.41, 5.74) is 6.08. The summed E-state index contributed by atoms with van der Waals surface area (Å²) in [6.45, 7) is 2.04. The first kappa shape index (κ1) is 15.0. The normalized spacial score (nSPS) is 11.3. The molecule has 1 N–H and O–H groups in total. The van der Waals surface area contributed by atoms with Gasteiger partial charge in [-0.3, -0.25) is 0 Å². The van der Waals surface area contributed by atoms with Crippen molar-refractivity contribution < 1.29 is 0 Å². The fourth-order valence-electron chi connectivity index (χ4n) is 2.56. The molecule has 1 nitrogen and oxygen atoms in total. The van der Waals surface area contributed by atoms with Crippen molar-refractivity contribution in [3.05, 3.63) is 102 Å². The molecule has 3 aromatic carbocycles. The van der Waals surface area contributed by atoms with Crippen LogP contribution >= 0.6 is 0 Å². The quantitative estimate of drug-likeness (QED) is 0.586. The minimum Gasteiger partial charge on any atom is -0.300 e. The highest BCUT2D eigenvalue weighted by atomic mass is 14.4. The zero-order chi connectivity index (χ0) is 16.1. The topological polar surface area (TPSA) is 23.9 Å². The van der Waals surface area contributed by atoms with E-state index in [1.54, 1.807) is 0 Å². The number of hydrogen-bond acceptors (Lipinski definition) is 1. The van der Waals surface area contributed by atoms with Gasteiger partial charge in [-0.05, 0) is 40.8 Å². The molecule has 0 aromatic heterocycles. The molecular formula is C22H19N. The first-order valence-electron chi connectivity index (χ1n) is 7.72. The second-order valence-electron chi connectivity index (χ2n) is 5.55. The molecule has 0 saturated carbocycles. The number of hydrogen-bond donors (Lipinski definition) is 1. The van der Waals surface area contributed by atoms with Crippen LogP contribution in [-0.4, -0.2) is 5.71 Å². The molecule has 1 heteroatoms. The maximum Gasteiger partial charge on any atom is 0.0615 e. The molecule has 0 aliphatic carbocycles. The van der Waals surface area contributed by atoms with E-state index < -0.39 is 0 Å². The Morgan fingerprint density at radius 3 is 1.78 bits per heavy atom. The summed E-state index contributed by atoms with van der Waals surface area (Å²) in [5.74, 6) is 0. The summed E-state index contributed by atoms with van der Waals surface area (Å²) in [5, 5.41) is 8.31. The van der Waals surface area contributed by atoms with Gasteiger partial charge < -0.3 is 5.41 Å². The molecule has 0 radical (unpaired) electrons. The van der Waals surface area contributed by atoms with Crippen LogP contribution in [0.3, 0.4) is 0 Å². The van der Waals surface area contributed by atoms with Crippen molar-refractivity contribution in [1.29, 1.82) is 5.41 Å². The van der Waals surface area contributed by atoms with E-state index in [9.17, 15) is 0 Å². The van der Waals surface area contributed by atoms with Crippen LogP contribution in [0.5, 0.6) is 0 Å². The zero-order valence-corrected chi connectivity index (χ0v) is 13.2. The van der Waals surface area contributed by atoms with Crippen molar-refractivity contribution in [1.82, 2.24) is 0 Å². The highest BCUT2D eigenvalue weighted by Gasteiger charge is 2.02. The van der Waals surface area contributed by atoms with Gasteiger partial charge in [-0.25, -0.2) is 0 Å². The molecule has 0 unspecified atom stereocenters. The Morgan fingerprint density at radius 1 is 0.652 bits per heavy atom. The van der Waals surface area contributed by atoms with E-state index in [0.717, 1.165) is 16.7 Å². The summed E-state index contributed by atoms with van der Waals surface area (Å²) in [7, 11) is 0. The van der Waals surface area contributed by atoms with E-state index in [0.29, 0.717) is 5.71 Å². The van der Waals surface area contributed by atoms with E-state index in [2.05, 4.69) is 36.4 Å². The molecule has 0 saturated heterocycles. The van der Waals surface area contributed by atoms with Crippen LogP contribution in [0.4, 0.5) is 0 Å². The lowest BCUT2D eigenvalue weighted by Crippen LogP contribution is -1.95. The second-order valence-corrected chi connectivity index (χ2v) is 5.55. The summed E-state index contributed by atoms with van der Waals surface area (Å²) in [6.07, 6.45) is 1.92. The molecule has 3 aromatic rings. The molecule has 0 aliphatic rings. The third-order valence-corrected chi connectivity index (χ3v) is 3.89. The van der Waals surface area contributed by atoms with Crippen LogP contribution in [0.1, 0.15) is 18.1 Å². The molecule has 0 aliphatic heterocycles. The average molecular weight is 297 g/mol. The molecule has 0 heterocycles. The first-order valence-corrected chi connectivity index (χ1v) is 7.72. The van der Waals surface area contributed by atoms with Gasteiger partial charge in [0.15, 0.2) is 0 Å². The molecule has 0 bridgehead atoms. The molecule has 0 atom stereocenters. The molecule has 0 amide bonds. The van der Waals surface area contributed by atoms with Crippen molar-refractivity contribution in [2.75, 3.05) is 0 Å². The van der Waals surface area contributed by atoms with Gasteiger partial charge in [0.05, 0.1) is 5.71 Å². The predicted molar refractivity (Wildman–Crippen MR) is 98.8 cm³/mol. The fourth-order valence-corrected chi connectivity index (χ4v) is 2.56. The lowest BCUT2D eigenvalue weighted by Gasteiger charge is -2.05. The lowest BCUT2D eigenvalue weighted by atomic mass is 10.00. The van der Waals surface area contributed by atoms with E-state index in [-0.39, 0.29) is 0 Å². The van der Waals surface area contributed by atoms with Gasteiger partial charge in [0.2, 0.25) is 0 Å². The highest BCUT2D eigenvalue weighted by Crippen LogP contribution is 2.20. The standard InChI is InChI=1S/C22H19N/c1-17(18-8-4-2-5-9-18)16-22(23)21-14-12-20(13-15-21)19-10-6-3-7-11-19/h2-16,23H,1H3/b17-16+,23-22?. The average Bonchev–Trinajstić information content (AvgIpc) is 2.63. The summed E-state index contributed by atoms with van der Waals surface area (Å²) in [6, 6.07) is 28.6. The second kappa shape index (κ2) is 6.89. The molecule has 0 spiro atoms. The van der Waals surface area contributed by atoms with Crippen LogP contribution in [0.2, 0.25) is 0 Å². The Hall–Kier alpha value is -2.93.